The number of amides is 1. The Hall–Kier alpha value is -2.60. The molecule has 102 valence electrons. The lowest BCUT2D eigenvalue weighted by atomic mass is 10.2. The van der Waals surface area contributed by atoms with Crippen LogP contribution in [0.3, 0.4) is 0 Å². The summed E-state index contributed by atoms with van der Waals surface area (Å²) in [5.74, 6) is 4.97. The molecule has 0 aliphatic heterocycles. The molecule has 0 radical (unpaired) electrons. The highest BCUT2D eigenvalue weighted by Crippen LogP contribution is 2.20. The molecule has 0 atom stereocenters. The normalized spacial score (nSPS) is 10.9. The predicted octanol–water partition coefficient (Wildman–Crippen LogP) is 2.03. The molecule has 2 aromatic heterocycles. The van der Waals surface area contributed by atoms with Crippen molar-refractivity contribution in [3.63, 3.8) is 0 Å². The van der Waals surface area contributed by atoms with Crippen molar-refractivity contribution in [3.05, 3.63) is 59.9 Å². The van der Waals surface area contributed by atoms with Gasteiger partial charge in [0.25, 0.3) is 5.91 Å². The molecule has 3 aromatic rings. The average molecular weight is 273 g/mol. The van der Waals surface area contributed by atoms with E-state index in [1.54, 1.807) is 24.4 Å². The molecule has 0 spiro atoms. The third-order valence-corrected chi connectivity index (χ3v) is 3.13. The largest absolute Gasteiger partial charge is 0.467 e. The highest BCUT2D eigenvalue weighted by molar-refractivity contribution is 5.93. The maximum Gasteiger partial charge on any atom is 0.268 e. The van der Waals surface area contributed by atoms with Crippen molar-refractivity contribution in [3.8, 4) is 0 Å². The Morgan fingerprint density at radius 2 is 2.25 bits per heavy atom. The lowest BCUT2D eigenvalue weighted by Crippen LogP contribution is -2.29. The molecule has 5 nitrogen and oxygen atoms in total. The minimum Gasteiger partial charge on any atom is -0.467 e. The highest BCUT2D eigenvalue weighted by atomic mass is 19.1. The second-order valence-electron chi connectivity index (χ2n) is 4.39. The number of fused-ring (bicyclic) bond motifs is 1. The number of hydrazine groups is 1. The fourth-order valence-corrected chi connectivity index (χ4v) is 2.16. The van der Waals surface area contributed by atoms with E-state index in [9.17, 15) is 9.18 Å². The van der Waals surface area contributed by atoms with Crippen LogP contribution < -0.4 is 11.3 Å². The number of carbonyl (C=O) groups is 1. The van der Waals surface area contributed by atoms with Crippen LogP contribution in [-0.4, -0.2) is 10.5 Å². The number of nitrogens with one attached hydrogen (secondary N) is 1. The van der Waals surface area contributed by atoms with Crippen molar-refractivity contribution in [1.29, 1.82) is 0 Å². The first-order valence-electron chi connectivity index (χ1n) is 6.01. The lowest BCUT2D eigenvalue weighted by Gasteiger charge is -2.02. The average Bonchev–Trinajstić information content (AvgIpc) is 3.07. The molecular weight excluding hydrogens is 261 g/mol. The van der Waals surface area contributed by atoms with Crippen molar-refractivity contribution in [2.75, 3.05) is 0 Å². The van der Waals surface area contributed by atoms with Gasteiger partial charge in [-0.05, 0) is 24.3 Å². The molecule has 0 fully saturated rings. The van der Waals surface area contributed by atoms with Gasteiger partial charge in [-0.15, -0.1) is 0 Å². The van der Waals surface area contributed by atoms with Crippen LogP contribution in [0.15, 0.2) is 47.2 Å². The molecule has 0 unspecified atom stereocenters. The van der Waals surface area contributed by atoms with Crippen LogP contribution in [0.5, 0.6) is 0 Å². The number of hydrogen-bond acceptors (Lipinski definition) is 3. The van der Waals surface area contributed by atoms with Crippen molar-refractivity contribution >= 4 is 16.8 Å². The summed E-state index contributed by atoms with van der Waals surface area (Å²) in [6.45, 7) is 0.408. The van der Waals surface area contributed by atoms with Gasteiger partial charge >= 0.3 is 0 Å². The number of carbonyl (C=O) groups excluding carboxylic acids is 1. The topological polar surface area (TPSA) is 73.2 Å². The molecule has 0 aliphatic rings. The van der Waals surface area contributed by atoms with E-state index in [4.69, 9.17) is 10.3 Å². The smallest absolute Gasteiger partial charge is 0.268 e. The quantitative estimate of drug-likeness (QED) is 0.435. The minimum absolute atomic E-state index is 0.260. The summed E-state index contributed by atoms with van der Waals surface area (Å²) >= 11 is 0. The maximum atomic E-state index is 13.6. The molecule has 6 heteroatoms. The van der Waals surface area contributed by atoms with Gasteiger partial charge in [0.2, 0.25) is 0 Å². The Kier molecular flexibility index (Phi) is 3.00. The van der Waals surface area contributed by atoms with Crippen molar-refractivity contribution in [1.82, 2.24) is 9.99 Å². The number of furan rings is 1. The summed E-state index contributed by atoms with van der Waals surface area (Å²) in [6, 6.07) is 8.22. The van der Waals surface area contributed by atoms with Crippen molar-refractivity contribution in [2.24, 2.45) is 5.84 Å². The number of hydrogen-bond donors (Lipinski definition) is 2. The van der Waals surface area contributed by atoms with Gasteiger partial charge in [-0.3, -0.25) is 10.2 Å². The van der Waals surface area contributed by atoms with Crippen LogP contribution in [0.2, 0.25) is 0 Å². The first kappa shape index (κ1) is 12.4. The number of halogens is 1. The summed E-state index contributed by atoms with van der Waals surface area (Å²) in [4.78, 5) is 11.3. The van der Waals surface area contributed by atoms with Gasteiger partial charge in [0, 0.05) is 11.6 Å². The fourth-order valence-electron chi connectivity index (χ4n) is 2.16. The van der Waals surface area contributed by atoms with E-state index in [0.717, 1.165) is 5.52 Å². The Labute approximate surface area is 113 Å². The lowest BCUT2D eigenvalue weighted by molar-refractivity contribution is 0.0953. The monoisotopic (exact) mass is 273 g/mol. The zero-order chi connectivity index (χ0) is 14.1. The van der Waals surface area contributed by atoms with Gasteiger partial charge in [-0.1, -0.05) is 6.07 Å². The Bertz CT molecular complexity index is 776. The van der Waals surface area contributed by atoms with Crippen LogP contribution >= 0.6 is 0 Å². The molecule has 0 saturated carbocycles. The molecule has 2 heterocycles. The van der Waals surface area contributed by atoms with Gasteiger partial charge in [0.05, 0.1) is 17.6 Å². The Balaban J connectivity index is 1.92. The van der Waals surface area contributed by atoms with E-state index < -0.39 is 5.91 Å². The third-order valence-electron chi connectivity index (χ3n) is 3.13. The minimum atomic E-state index is -0.414. The van der Waals surface area contributed by atoms with Crippen LogP contribution in [0, 0.1) is 5.82 Å². The summed E-state index contributed by atoms with van der Waals surface area (Å²) < 4.78 is 20.7. The van der Waals surface area contributed by atoms with Gasteiger partial charge in [-0.2, -0.15) is 0 Å². The molecule has 1 aromatic carbocycles. The SMILES string of the molecule is NNC(=O)c1coc(Cn2ccc3c(F)cccc32)c1. The van der Waals surface area contributed by atoms with E-state index in [1.165, 1.54) is 12.3 Å². The Morgan fingerprint density at radius 1 is 1.40 bits per heavy atom. The summed E-state index contributed by atoms with van der Waals surface area (Å²) in [7, 11) is 0. The van der Waals surface area contributed by atoms with E-state index in [2.05, 4.69) is 0 Å². The number of nitrogens with zero attached hydrogens (tertiary/aromatic N) is 1. The van der Waals surface area contributed by atoms with Gasteiger partial charge in [0.15, 0.2) is 0 Å². The first-order valence-corrected chi connectivity index (χ1v) is 6.01. The number of nitrogen functional groups attached to an aromatic ring is 1. The standard InChI is InChI=1S/C14H12FN3O2/c15-12-2-1-3-13-11(12)4-5-18(13)7-10-6-9(8-20-10)14(19)17-16/h1-6,8H,7,16H2,(H,17,19). The van der Waals surface area contributed by atoms with E-state index in [0.29, 0.717) is 23.3 Å². The molecule has 0 saturated heterocycles. The number of aromatic nitrogens is 1. The molecule has 3 N–H and O–H groups in total. The zero-order valence-electron chi connectivity index (χ0n) is 10.5. The Morgan fingerprint density at radius 3 is 3.05 bits per heavy atom. The highest BCUT2D eigenvalue weighted by Gasteiger charge is 2.11. The van der Waals surface area contributed by atoms with E-state index in [1.807, 2.05) is 16.1 Å². The van der Waals surface area contributed by atoms with E-state index >= 15 is 0 Å². The van der Waals surface area contributed by atoms with E-state index in [-0.39, 0.29) is 5.82 Å². The summed E-state index contributed by atoms with van der Waals surface area (Å²) in [5, 5.41) is 0.555. The first-order chi connectivity index (χ1) is 9.69. The van der Waals surface area contributed by atoms with Gasteiger partial charge < -0.3 is 8.98 Å². The van der Waals surface area contributed by atoms with Crippen LogP contribution in [0.1, 0.15) is 16.1 Å². The zero-order valence-corrected chi connectivity index (χ0v) is 10.5. The molecule has 1 amide bonds. The number of benzene rings is 1. The predicted molar refractivity (Wildman–Crippen MR) is 71.4 cm³/mol. The van der Waals surface area contributed by atoms with Gasteiger partial charge in [-0.25, -0.2) is 10.2 Å². The number of rotatable bonds is 3. The molecule has 20 heavy (non-hydrogen) atoms. The molecule has 3 rings (SSSR count). The fraction of sp³-hybridized carbons (Fsp3) is 0.0714. The van der Waals surface area contributed by atoms with Gasteiger partial charge in [0.1, 0.15) is 17.8 Å². The molecule has 0 bridgehead atoms. The number of nitrogens with two attached hydrogens (primary N) is 1. The summed E-state index contributed by atoms with van der Waals surface area (Å²) in [6.07, 6.45) is 3.11. The summed E-state index contributed by atoms with van der Waals surface area (Å²) in [5.41, 5.74) is 3.16. The van der Waals surface area contributed by atoms with Crippen LogP contribution in [-0.2, 0) is 6.54 Å². The molecular formula is C14H12FN3O2. The van der Waals surface area contributed by atoms with Crippen LogP contribution in [0.25, 0.3) is 10.9 Å². The van der Waals surface area contributed by atoms with Crippen molar-refractivity contribution < 1.29 is 13.6 Å². The second kappa shape index (κ2) is 4.82. The molecule has 0 aliphatic carbocycles. The third kappa shape index (κ3) is 2.06. The maximum absolute atomic E-state index is 13.6. The van der Waals surface area contributed by atoms with Crippen LogP contribution in [0.4, 0.5) is 4.39 Å². The van der Waals surface area contributed by atoms with Crippen molar-refractivity contribution in [2.45, 2.75) is 6.54 Å². The second-order valence-corrected chi connectivity index (χ2v) is 4.39.